The quantitative estimate of drug-likeness (QED) is 0.749. The van der Waals surface area contributed by atoms with Crippen molar-refractivity contribution in [3.8, 4) is 0 Å². The van der Waals surface area contributed by atoms with Crippen molar-refractivity contribution < 1.29 is 9.59 Å². The fourth-order valence-corrected chi connectivity index (χ4v) is 3.77. The maximum absolute atomic E-state index is 12.6. The van der Waals surface area contributed by atoms with E-state index in [4.69, 9.17) is 0 Å². The largest absolute Gasteiger partial charge is 0.352 e. The Morgan fingerprint density at radius 2 is 2.07 bits per heavy atom. The summed E-state index contributed by atoms with van der Waals surface area (Å²) in [6.07, 6.45) is 6.44. The van der Waals surface area contributed by atoms with E-state index in [1.165, 1.54) is 0 Å². The van der Waals surface area contributed by atoms with Gasteiger partial charge in [-0.1, -0.05) is 12.5 Å². The summed E-state index contributed by atoms with van der Waals surface area (Å²) in [7, 11) is 0. The number of aromatic nitrogens is 2. The van der Waals surface area contributed by atoms with Crippen LogP contribution in [0.2, 0.25) is 0 Å². The zero-order chi connectivity index (χ0) is 19.9. The molecule has 28 heavy (non-hydrogen) atoms. The first-order valence-electron chi connectivity index (χ1n) is 10.2. The molecule has 1 aliphatic rings. The van der Waals surface area contributed by atoms with Crippen molar-refractivity contribution >= 4 is 11.8 Å². The van der Waals surface area contributed by atoms with Gasteiger partial charge in [0.05, 0.1) is 17.8 Å². The molecule has 150 valence electrons. The van der Waals surface area contributed by atoms with Gasteiger partial charge in [-0.2, -0.15) is 0 Å². The molecule has 6 heteroatoms. The van der Waals surface area contributed by atoms with E-state index in [2.05, 4.69) is 14.9 Å². The standard InChI is InChI=1S/C22H30N4O2/c1-17-15-20(18(2)26(17)16-19-9-5-6-11-23-19)22(28)24-12-8-14-25-13-7-3-4-10-21(25)27/h5-6,9,11,15H,3-4,7-8,10,12-14,16H2,1-2H3,(H,24,28). The number of pyridine rings is 1. The Balaban J connectivity index is 1.53. The third-order valence-electron chi connectivity index (χ3n) is 5.43. The topological polar surface area (TPSA) is 67.2 Å². The molecule has 0 bridgehead atoms. The Kier molecular flexibility index (Phi) is 6.85. The molecular weight excluding hydrogens is 352 g/mol. The van der Waals surface area contributed by atoms with Crippen LogP contribution in [0.25, 0.3) is 0 Å². The second kappa shape index (κ2) is 9.53. The normalized spacial score (nSPS) is 14.8. The number of likely N-dealkylation sites (tertiary alicyclic amines) is 1. The molecule has 2 aromatic heterocycles. The number of nitrogens with zero attached hydrogens (tertiary/aromatic N) is 3. The van der Waals surface area contributed by atoms with Crippen LogP contribution in [0.15, 0.2) is 30.5 Å². The molecule has 3 rings (SSSR count). The van der Waals surface area contributed by atoms with E-state index in [0.717, 1.165) is 55.9 Å². The van der Waals surface area contributed by atoms with E-state index in [1.807, 2.05) is 43.0 Å². The molecule has 1 N–H and O–H groups in total. The minimum Gasteiger partial charge on any atom is -0.352 e. The van der Waals surface area contributed by atoms with Crippen molar-refractivity contribution in [2.75, 3.05) is 19.6 Å². The first kappa shape index (κ1) is 20.1. The summed E-state index contributed by atoms with van der Waals surface area (Å²) in [5.41, 5.74) is 3.67. The summed E-state index contributed by atoms with van der Waals surface area (Å²) in [5, 5.41) is 3.01. The van der Waals surface area contributed by atoms with Crippen LogP contribution in [0.3, 0.4) is 0 Å². The second-order valence-electron chi connectivity index (χ2n) is 7.49. The van der Waals surface area contributed by atoms with Gasteiger partial charge in [0.25, 0.3) is 5.91 Å². The van der Waals surface area contributed by atoms with Gasteiger partial charge in [0, 0.05) is 43.6 Å². The first-order valence-corrected chi connectivity index (χ1v) is 10.2. The fraction of sp³-hybridized carbons (Fsp3) is 0.500. The van der Waals surface area contributed by atoms with Gasteiger partial charge in [-0.3, -0.25) is 14.6 Å². The molecule has 2 aromatic rings. The highest BCUT2D eigenvalue weighted by Crippen LogP contribution is 2.17. The summed E-state index contributed by atoms with van der Waals surface area (Å²) >= 11 is 0. The molecule has 0 aromatic carbocycles. The van der Waals surface area contributed by atoms with Gasteiger partial charge in [-0.25, -0.2) is 0 Å². The van der Waals surface area contributed by atoms with Gasteiger partial charge in [0.2, 0.25) is 5.91 Å². The lowest BCUT2D eigenvalue weighted by molar-refractivity contribution is -0.130. The number of rotatable bonds is 7. The maximum Gasteiger partial charge on any atom is 0.253 e. The Morgan fingerprint density at radius 1 is 1.21 bits per heavy atom. The fourth-order valence-electron chi connectivity index (χ4n) is 3.77. The highest BCUT2D eigenvalue weighted by Gasteiger charge is 2.17. The van der Waals surface area contributed by atoms with Crippen molar-refractivity contribution in [2.45, 2.75) is 52.5 Å². The molecule has 1 aliphatic heterocycles. The molecule has 0 unspecified atom stereocenters. The highest BCUT2D eigenvalue weighted by molar-refractivity contribution is 5.95. The van der Waals surface area contributed by atoms with Gasteiger partial charge in [-0.15, -0.1) is 0 Å². The number of amides is 2. The molecule has 0 atom stereocenters. The van der Waals surface area contributed by atoms with Gasteiger partial charge < -0.3 is 14.8 Å². The van der Waals surface area contributed by atoms with Crippen LogP contribution < -0.4 is 5.32 Å². The lowest BCUT2D eigenvalue weighted by atomic mass is 10.2. The predicted octanol–water partition coefficient (Wildman–Crippen LogP) is 3.07. The summed E-state index contributed by atoms with van der Waals surface area (Å²) in [6, 6.07) is 7.80. The van der Waals surface area contributed by atoms with Crippen LogP contribution in [0.5, 0.6) is 0 Å². The zero-order valence-corrected chi connectivity index (χ0v) is 16.9. The van der Waals surface area contributed by atoms with Gasteiger partial charge >= 0.3 is 0 Å². The van der Waals surface area contributed by atoms with E-state index in [1.54, 1.807) is 6.20 Å². The summed E-state index contributed by atoms with van der Waals surface area (Å²) in [4.78, 5) is 31.0. The molecule has 3 heterocycles. The highest BCUT2D eigenvalue weighted by atomic mass is 16.2. The van der Waals surface area contributed by atoms with Crippen LogP contribution in [0.4, 0.5) is 0 Å². The third-order valence-corrected chi connectivity index (χ3v) is 5.43. The van der Waals surface area contributed by atoms with E-state index in [0.29, 0.717) is 25.1 Å². The third kappa shape index (κ3) is 5.00. The van der Waals surface area contributed by atoms with Crippen LogP contribution in [0, 0.1) is 13.8 Å². The average Bonchev–Trinajstić information content (AvgIpc) is 2.84. The van der Waals surface area contributed by atoms with E-state index >= 15 is 0 Å². The molecule has 0 spiro atoms. The SMILES string of the molecule is Cc1cc(C(=O)NCCCN2CCCCCC2=O)c(C)n1Cc1ccccn1. The minimum absolute atomic E-state index is 0.0532. The number of carbonyl (C=O) groups excluding carboxylic acids is 2. The number of nitrogens with one attached hydrogen (secondary N) is 1. The number of aryl methyl sites for hydroxylation is 1. The Hall–Kier alpha value is -2.63. The molecule has 0 radical (unpaired) electrons. The van der Waals surface area contributed by atoms with Crippen molar-refractivity contribution in [1.82, 2.24) is 19.8 Å². The molecule has 0 saturated carbocycles. The maximum atomic E-state index is 12.6. The monoisotopic (exact) mass is 382 g/mol. The average molecular weight is 383 g/mol. The first-order chi connectivity index (χ1) is 13.6. The van der Waals surface area contributed by atoms with Crippen LogP contribution in [-0.4, -0.2) is 45.9 Å². The van der Waals surface area contributed by atoms with E-state index < -0.39 is 0 Å². The summed E-state index contributed by atoms with van der Waals surface area (Å²) in [5.74, 6) is 0.199. The zero-order valence-electron chi connectivity index (χ0n) is 16.9. The molecule has 2 amide bonds. The number of hydrogen-bond donors (Lipinski definition) is 1. The van der Waals surface area contributed by atoms with Crippen LogP contribution in [0.1, 0.15) is 59.5 Å². The Bertz CT molecular complexity index is 813. The van der Waals surface area contributed by atoms with Crippen molar-refractivity contribution in [3.63, 3.8) is 0 Å². The molecule has 1 fully saturated rings. The minimum atomic E-state index is -0.0532. The summed E-state index contributed by atoms with van der Waals surface area (Å²) < 4.78 is 2.12. The second-order valence-corrected chi connectivity index (χ2v) is 7.49. The smallest absolute Gasteiger partial charge is 0.253 e. The van der Waals surface area contributed by atoms with E-state index in [9.17, 15) is 9.59 Å². The molecular formula is C22H30N4O2. The Morgan fingerprint density at radius 3 is 2.86 bits per heavy atom. The van der Waals surface area contributed by atoms with Crippen LogP contribution in [-0.2, 0) is 11.3 Å². The van der Waals surface area contributed by atoms with E-state index in [-0.39, 0.29) is 11.8 Å². The van der Waals surface area contributed by atoms with Crippen molar-refractivity contribution in [3.05, 3.63) is 53.1 Å². The van der Waals surface area contributed by atoms with Crippen LogP contribution >= 0.6 is 0 Å². The van der Waals surface area contributed by atoms with Gasteiger partial charge in [0.1, 0.15) is 0 Å². The van der Waals surface area contributed by atoms with Crippen molar-refractivity contribution in [1.29, 1.82) is 0 Å². The molecule has 1 saturated heterocycles. The number of carbonyl (C=O) groups is 2. The predicted molar refractivity (Wildman–Crippen MR) is 109 cm³/mol. The molecule has 6 nitrogen and oxygen atoms in total. The summed E-state index contributed by atoms with van der Waals surface area (Å²) in [6.45, 7) is 6.78. The van der Waals surface area contributed by atoms with Crippen molar-refractivity contribution in [2.24, 2.45) is 0 Å². The lowest BCUT2D eigenvalue weighted by Crippen LogP contribution is -2.34. The number of hydrogen-bond acceptors (Lipinski definition) is 3. The lowest BCUT2D eigenvalue weighted by Gasteiger charge is -2.20. The van der Waals surface area contributed by atoms with Gasteiger partial charge in [-0.05, 0) is 51.3 Å². The molecule has 0 aliphatic carbocycles. The van der Waals surface area contributed by atoms with Gasteiger partial charge in [0.15, 0.2) is 0 Å². The Labute approximate surface area is 166 Å².